The van der Waals surface area contributed by atoms with Crippen LogP contribution in [0.25, 0.3) is 17.1 Å². The Morgan fingerprint density at radius 2 is 1.70 bits per heavy atom. The van der Waals surface area contributed by atoms with Gasteiger partial charge < -0.3 is 10.2 Å². The summed E-state index contributed by atoms with van der Waals surface area (Å²) in [6, 6.07) is 22.7. The first-order valence-electron chi connectivity index (χ1n) is 10.2. The van der Waals surface area contributed by atoms with E-state index in [4.69, 9.17) is 0 Å². The van der Waals surface area contributed by atoms with Gasteiger partial charge >= 0.3 is 0 Å². The topological polar surface area (TPSA) is 80.1 Å². The Morgan fingerprint density at radius 1 is 0.970 bits per heavy atom. The molecule has 2 amide bonds. The van der Waals surface area contributed by atoms with Crippen LogP contribution in [0, 0.1) is 5.82 Å². The molecule has 1 N–H and O–H groups in total. The minimum atomic E-state index is -0.348. The summed E-state index contributed by atoms with van der Waals surface area (Å²) in [5.41, 5.74) is 2.78. The number of aromatic nitrogens is 3. The van der Waals surface area contributed by atoms with Crippen LogP contribution < -0.4 is 10.2 Å². The van der Waals surface area contributed by atoms with Gasteiger partial charge in [-0.1, -0.05) is 54.2 Å². The highest BCUT2D eigenvalue weighted by Crippen LogP contribution is 2.31. The molecular formula is C24H18FN5O2S. The lowest BCUT2D eigenvalue weighted by Crippen LogP contribution is -2.43. The number of carbonyl (C=O) groups is 2. The summed E-state index contributed by atoms with van der Waals surface area (Å²) in [4.78, 5) is 26.6. The van der Waals surface area contributed by atoms with Gasteiger partial charge in [-0.2, -0.15) is 0 Å². The third-order valence-corrected chi connectivity index (χ3v) is 6.06. The molecule has 164 valence electrons. The summed E-state index contributed by atoms with van der Waals surface area (Å²) < 4.78 is 15.3. The number of para-hydroxylation sites is 2. The number of carbonyl (C=O) groups excluding carboxylic acids is 2. The minimum absolute atomic E-state index is 0.0453. The molecule has 0 radical (unpaired) electrons. The molecule has 1 aliphatic heterocycles. The van der Waals surface area contributed by atoms with Crippen LogP contribution in [0.4, 0.5) is 15.8 Å². The molecule has 33 heavy (non-hydrogen) atoms. The van der Waals surface area contributed by atoms with Crippen molar-refractivity contribution in [3.8, 4) is 17.1 Å². The van der Waals surface area contributed by atoms with Crippen LogP contribution in [0.2, 0.25) is 0 Å². The molecule has 3 aromatic carbocycles. The lowest BCUT2D eigenvalue weighted by Gasteiger charge is -2.29. The first-order chi connectivity index (χ1) is 16.1. The molecule has 2 heterocycles. The molecular weight excluding hydrogens is 441 g/mol. The molecule has 0 atom stereocenters. The zero-order valence-electron chi connectivity index (χ0n) is 17.3. The second-order valence-electron chi connectivity index (χ2n) is 7.32. The van der Waals surface area contributed by atoms with Gasteiger partial charge in [0, 0.05) is 11.3 Å². The Hall–Kier alpha value is -3.98. The van der Waals surface area contributed by atoms with Crippen LogP contribution in [-0.4, -0.2) is 38.9 Å². The Balaban J connectivity index is 1.45. The molecule has 1 aliphatic rings. The number of benzene rings is 3. The Morgan fingerprint density at radius 3 is 2.48 bits per heavy atom. The van der Waals surface area contributed by atoms with Gasteiger partial charge in [-0.3, -0.25) is 14.2 Å². The van der Waals surface area contributed by atoms with E-state index in [2.05, 4.69) is 15.5 Å². The van der Waals surface area contributed by atoms with Gasteiger partial charge in [-0.25, -0.2) is 4.39 Å². The second-order valence-corrected chi connectivity index (χ2v) is 8.26. The van der Waals surface area contributed by atoms with Gasteiger partial charge in [0.05, 0.1) is 17.1 Å². The average molecular weight is 460 g/mol. The summed E-state index contributed by atoms with van der Waals surface area (Å²) in [6.45, 7) is -0.0453. The lowest BCUT2D eigenvalue weighted by molar-refractivity contribution is -0.120. The zero-order valence-corrected chi connectivity index (χ0v) is 18.1. The third-order valence-electron chi connectivity index (χ3n) is 5.15. The monoisotopic (exact) mass is 459 g/mol. The van der Waals surface area contributed by atoms with E-state index in [1.165, 1.54) is 28.8 Å². The fourth-order valence-electron chi connectivity index (χ4n) is 3.62. The molecule has 0 bridgehead atoms. The van der Waals surface area contributed by atoms with Crippen molar-refractivity contribution >= 4 is 35.0 Å². The van der Waals surface area contributed by atoms with E-state index in [1.54, 1.807) is 34.9 Å². The molecule has 5 rings (SSSR count). The minimum Gasteiger partial charge on any atom is -0.323 e. The number of nitrogens with zero attached hydrogens (tertiary/aromatic N) is 4. The molecule has 1 aromatic heterocycles. The summed E-state index contributed by atoms with van der Waals surface area (Å²) in [6.07, 6.45) is 0. The average Bonchev–Trinajstić information content (AvgIpc) is 3.27. The van der Waals surface area contributed by atoms with E-state index >= 15 is 0 Å². The smallest absolute Gasteiger partial charge is 0.244 e. The van der Waals surface area contributed by atoms with Gasteiger partial charge in [0.2, 0.25) is 11.8 Å². The Kier molecular flexibility index (Phi) is 5.62. The van der Waals surface area contributed by atoms with Gasteiger partial charge in [0.15, 0.2) is 11.0 Å². The molecule has 0 saturated heterocycles. The number of rotatable bonds is 5. The number of thioether (sulfide) groups is 1. The van der Waals surface area contributed by atoms with Gasteiger partial charge in [0.25, 0.3) is 0 Å². The quantitative estimate of drug-likeness (QED) is 0.454. The number of hydrogen-bond acceptors (Lipinski definition) is 5. The molecule has 0 spiro atoms. The highest BCUT2D eigenvalue weighted by molar-refractivity contribution is 7.99. The van der Waals surface area contributed by atoms with Crippen molar-refractivity contribution in [3.05, 3.63) is 84.7 Å². The number of hydrogen-bond donors (Lipinski definition) is 1. The van der Waals surface area contributed by atoms with E-state index in [0.29, 0.717) is 28.0 Å². The standard InChI is InChI=1S/C24H18FN5O2S/c25-17-10-12-18(13-11-17)30-23(16-6-2-1-3-7-16)27-28-24(30)33-15-22(32)29-14-21(31)26-19-8-4-5-9-20(19)29/h1-13H,14-15H2,(H,26,31). The fraction of sp³-hybridized carbons (Fsp3) is 0.0833. The van der Waals surface area contributed by atoms with Crippen LogP contribution in [-0.2, 0) is 9.59 Å². The number of nitrogens with one attached hydrogen (secondary N) is 1. The summed E-state index contributed by atoms with van der Waals surface area (Å²) in [7, 11) is 0. The fourth-order valence-corrected chi connectivity index (χ4v) is 4.45. The van der Waals surface area contributed by atoms with Crippen molar-refractivity contribution in [2.45, 2.75) is 5.16 Å². The largest absolute Gasteiger partial charge is 0.323 e. The first-order valence-corrected chi connectivity index (χ1v) is 11.2. The van der Waals surface area contributed by atoms with Crippen LogP contribution in [0.3, 0.4) is 0 Å². The summed E-state index contributed by atoms with van der Waals surface area (Å²) in [5.74, 6) is -0.181. The first kappa shape index (κ1) is 20.9. The van der Waals surface area contributed by atoms with E-state index < -0.39 is 0 Å². The highest BCUT2D eigenvalue weighted by Gasteiger charge is 2.27. The van der Waals surface area contributed by atoms with Crippen molar-refractivity contribution in [2.24, 2.45) is 0 Å². The molecule has 7 nitrogen and oxygen atoms in total. The van der Waals surface area contributed by atoms with Crippen LogP contribution in [0.5, 0.6) is 0 Å². The Bertz CT molecular complexity index is 1320. The predicted molar refractivity (Wildman–Crippen MR) is 125 cm³/mol. The van der Waals surface area contributed by atoms with E-state index in [9.17, 15) is 14.0 Å². The van der Waals surface area contributed by atoms with Gasteiger partial charge in [0.1, 0.15) is 12.4 Å². The SMILES string of the molecule is O=C1CN(C(=O)CSc2nnc(-c3ccccc3)n2-c2ccc(F)cc2)c2ccccc2N1. The number of anilines is 2. The molecule has 0 unspecified atom stereocenters. The Labute approximate surface area is 193 Å². The van der Waals surface area contributed by atoms with Crippen molar-refractivity contribution < 1.29 is 14.0 Å². The van der Waals surface area contributed by atoms with Crippen molar-refractivity contribution in [1.82, 2.24) is 14.8 Å². The van der Waals surface area contributed by atoms with Crippen LogP contribution >= 0.6 is 11.8 Å². The second kappa shape index (κ2) is 8.87. The lowest BCUT2D eigenvalue weighted by atomic mass is 10.2. The maximum atomic E-state index is 13.5. The molecule has 0 fully saturated rings. The molecule has 0 saturated carbocycles. The third kappa shape index (κ3) is 4.22. The van der Waals surface area contributed by atoms with Crippen molar-refractivity contribution in [2.75, 3.05) is 22.5 Å². The number of halogens is 1. The molecule has 0 aliphatic carbocycles. The maximum absolute atomic E-state index is 13.5. The maximum Gasteiger partial charge on any atom is 0.244 e. The summed E-state index contributed by atoms with van der Waals surface area (Å²) >= 11 is 1.21. The highest BCUT2D eigenvalue weighted by atomic mass is 32.2. The zero-order chi connectivity index (χ0) is 22.8. The predicted octanol–water partition coefficient (Wildman–Crippen LogP) is 4.15. The number of fused-ring (bicyclic) bond motifs is 1. The van der Waals surface area contributed by atoms with Gasteiger partial charge in [-0.05, 0) is 36.4 Å². The van der Waals surface area contributed by atoms with E-state index in [0.717, 1.165) is 5.56 Å². The number of amides is 2. The normalized spacial score (nSPS) is 12.9. The van der Waals surface area contributed by atoms with Crippen LogP contribution in [0.1, 0.15) is 0 Å². The summed E-state index contributed by atoms with van der Waals surface area (Å²) in [5, 5.41) is 11.9. The van der Waals surface area contributed by atoms with E-state index in [-0.39, 0.29) is 29.9 Å². The van der Waals surface area contributed by atoms with Crippen molar-refractivity contribution in [3.63, 3.8) is 0 Å². The van der Waals surface area contributed by atoms with Gasteiger partial charge in [-0.15, -0.1) is 10.2 Å². The molecule has 4 aromatic rings. The van der Waals surface area contributed by atoms with E-state index in [1.807, 2.05) is 36.4 Å². The van der Waals surface area contributed by atoms with Crippen molar-refractivity contribution in [1.29, 1.82) is 0 Å². The van der Waals surface area contributed by atoms with Crippen LogP contribution in [0.15, 0.2) is 84.0 Å². The molecule has 9 heteroatoms.